The number of benzene rings is 2. The van der Waals surface area contributed by atoms with Crippen molar-refractivity contribution in [1.29, 1.82) is 0 Å². The van der Waals surface area contributed by atoms with Gasteiger partial charge in [0.05, 0.1) is 22.6 Å². The first-order valence-electron chi connectivity index (χ1n) is 9.51. The maximum atomic E-state index is 14.9. The molecule has 5 heteroatoms. The summed E-state index contributed by atoms with van der Waals surface area (Å²) in [5, 5.41) is 1.41. The summed E-state index contributed by atoms with van der Waals surface area (Å²) in [5.41, 5.74) is 0. The maximum Gasteiger partial charge on any atom is 0.182 e. The molecule has 0 bridgehead atoms. The predicted molar refractivity (Wildman–Crippen MR) is 109 cm³/mol. The van der Waals surface area contributed by atoms with Gasteiger partial charge in [0.1, 0.15) is 0 Å². The zero-order chi connectivity index (χ0) is 19.6. The van der Waals surface area contributed by atoms with Crippen molar-refractivity contribution in [1.82, 2.24) is 0 Å². The first-order chi connectivity index (χ1) is 12.9. The molecule has 3 rings (SSSR count). The van der Waals surface area contributed by atoms with Crippen molar-refractivity contribution in [3.63, 3.8) is 0 Å². The first-order valence-corrected chi connectivity index (χ1v) is 10.3. The minimum absolute atomic E-state index is 0.225. The summed E-state index contributed by atoms with van der Waals surface area (Å²) in [6.45, 7) is 9.26. The Hall–Kier alpha value is -1.88. The van der Waals surface area contributed by atoms with Crippen LogP contribution in [0.1, 0.15) is 40.5 Å². The standard InChI is InChI=1S/C22H26F2O2S/c1-5-14(4)12-26-18-9-7-16-15-6-8-17(25-11-10-13(2)3)19(23)21(15)27-22(16)20(18)24/h6-9,13-14H,5,10-12H2,1-4H3. The van der Waals surface area contributed by atoms with Gasteiger partial charge in [-0.15, -0.1) is 11.3 Å². The zero-order valence-electron chi connectivity index (χ0n) is 16.3. The van der Waals surface area contributed by atoms with Crippen LogP contribution in [-0.2, 0) is 0 Å². The van der Waals surface area contributed by atoms with Gasteiger partial charge >= 0.3 is 0 Å². The lowest BCUT2D eigenvalue weighted by Crippen LogP contribution is -2.08. The van der Waals surface area contributed by atoms with Crippen LogP contribution in [-0.4, -0.2) is 13.2 Å². The molecular weight excluding hydrogens is 366 g/mol. The molecule has 0 aliphatic rings. The lowest BCUT2D eigenvalue weighted by Gasteiger charge is -2.11. The number of thiophene rings is 1. The van der Waals surface area contributed by atoms with Gasteiger partial charge in [-0.3, -0.25) is 0 Å². The Balaban J connectivity index is 1.94. The topological polar surface area (TPSA) is 18.5 Å². The van der Waals surface area contributed by atoms with Crippen LogP contribution >= 0.6 is 11.3 Å². The molecule has 0 N–H and O–H groups in total. The molecular formula is C22H26F2O2S. The van der Waals surface area contributed by atoms with E-state index in [9.17, 15) is 8.78 Å². The SMILES string of the molecule is CCC(C)COc1ccc2c(sc3c(F)c(OCCC(C)C)ccc32)c1F. The molecule has 2 nitrogen and oxygen atoms in total. The van der Waals surface area contributed by atoms with Gasteiger partial charge in [-0.05, 0) is 42.5 Å². The quantitative estimate of drug-likeness (QED) is 0.404. The Bertz CT molecular complexity index is 933. The van der Waals surface area contributed by atoms with Crippen molar-refractivity contribution < 1.29 is 18.3 Å². The van der Waals surface area contributed by atoms with E-state index in [-0.39, 0.29) is 11.5 Å². The van der Waals surface area contributed by atoms with Crippen LogP contribution in [0.2, 0.25) is 0 Å². The van der Waals surface area contributed by atoms with Crippen molar-refractivity contribution in [2.75, 3.05) is 13.2 Å². The van der Waals surface area contributed by atoms with E-state index in [0.29, 0.717) is 45.2 Å². The monoisotopic (exact) mass is 392 g/mol. The highest BCUT2D eigenvalue weighted by Crippen LogP contribution is 2.41. The van der Waals surface area contributed by atoms with Gasteiger partial charge in [0.25, 0.3) is 0 Å². The number of halogens is 2. The molecule has 1 atom stereocenters. The largest absolute Gasteiger partial charge is 0.490 e. The van der Waals surface area contributed by atoms with E-state index in [2.05, 4.69) is 27.7 Å². The summed E-state index contributed by atoms with van der Waals surface area (Å²) >= 11 is 1.11. The van der Waals surface area contributed by atoms with Crippen molar-refractivity contribution in [2.24, 2.45) is 11.8 Å². The maximum absolute atomic E-state index is 14.9. The molecule has 1 unspecified atom stereocenters. The Morgan fingerprint density at radius 1 is 0.889 bits per heavy atom. The van der Waals surface area contributed by atoms with Crippen LogP contribution in [0.3, 0.4) is 0 Å². The second-order valence-corrected chi connectivity index (χ2v) is 8.49. The average molecular weight is 393 g/mol. The molecule has 0 saturated carbocycles. The third-order valence-electron chi connectivity index (χ3n) is 4.79. The van der Waals surface area contributed by atoms with Crippen molar-refractivity contribution in [2.45, 2.75) is 40.5 Å². The summed E-state index contributed by atoms with van der Waals surface area (Å²) in [5.74, 6) is 0.457. The van der Waals surface area contributed by atoms with E-state index in [1.165, 1.54) is 0 Å². The minimum Gasteiger partial charge on any atom is -0.490 e. The normalized spacial score (nSPS) is 12.9. The Morgan fingerprint density at radius 2 is 1.44 bits per heavy atom. The fraction of sp³-hybridized carbons (Fsp3) is 0.455. The zero-order valence-corrected chi connectivity index (χ0v) is 17.1. The molecule has 0 fully saturated rings. The van der Waals surface area contributed by atoms with Gasteiger partial charge in [0.15, 0.2) is 23.1 Å². The van der Waals surface area contributed by atoms with Crippen LogP contribution in [0.25, 0.3) is 20.2 Å². The highest BCUT2D eigenvalue weighted by Gasteiger charge is 2.18. The summed E-state index contributed by atoms with van der Waals surface area (Å²) < 4.78 is 41.9. The second kappa shape index (κ2) is 8.42. The molecule has 0 saturated heterocycles. The van der Waals surface area contributed by atoms with Gasteiger partial charge in [-0.2, -0.15) is 0 Å². The van der Waals surface area contributed by atoms with Crippen LogP contribution in [0.5, 0.6) is 11.5 Å². The highest BCUT2D eigenvalue weighted by molar-refractivity contribution is 7.25. The molecule has 3 aromatic rings. The smallest absolute Gasteiger partial charge is 0.182 e. The van der Waals surface area contributed by atoms with Gasteiger partial charge in [-0.1, -0.05) is 34.1 Å². The molecule has 0 aliphatic heterocycles. The van der Waals surface area contributed by atoms with Gasteiger partial charge in [0, 0.05) is 10.8 Å². The third-order valence-corrected chi connectivity index (χ3v) is 6.00. The third kappa shape index (κ3) is 4.18. The number of ether oxygens (including phenoxy) is 2. The molecule has 27 heavy (non-hydrogen) atoms. The number of rotatable bonds is 8. The van der Waals surface area contributed by atoms with E-state index >= 15 is 0 Å². The Labute approximate surface area is 163 Å². The fourth-order valence-electron chi connectivity index (χ4n) is 2.78. The molecule has 0 radical (unpaired) electrons. The molecule has 0 spiro atoms. The van der Waals surface area contributed by atoms with E-state index in [4.69, 9.17) is 9.47 Å². The lowest BCUT2D eigenvalue weighted by atomic mass is 10.1. The molecule has 146 valence electrons. The Kier molecular flexibility index (Phi) is 6.20. The first kappa shape index (κ1) is 19.9. The van der Waals surface area contributed by atoms with E-state index in [1.807, 2.05) is 6.07 Å². The van der Waals surface area contributed by atoms with Crippen molar-refractivity contribution in [3.8, 4) is 11.5 Å². The van der Waals surface area contributed by atoms with Crippen molar-refractivity contribution >= 4 is 31.5 Å². The molecule has 0 amide bonds. The van der Waals surface area contributed by atoms with Crippen LogP contribution in [0.4, 0.5) is 8.78 Å². The van der Waals surface area contributed by atoms with E-state index < -0.39 is 11.6 Å². The molecule has 1 aromatic heterocycles. The van der Waals surface area contributed by atoms with Gasteiger partial charge in [-0.25, -0.2) is 8.78 Å². The molecule has 2 aromatic carbocycles. The predicted octanol–water partition coefficient (Wildman–Crippen LogP) is 7.18. The van der Waals surface area contributed by atoms with Gasteiger partial charge < -0.3 is 9.47 Å². The van der Waals surface area contributed by atoms with E-state index in [1.54, 1.807) is 18.2 Å². The summed E-state index contributed by atoms with van der Waals surface area (Å²) in [7, 11) is 0. The number of fused-ring (bicyclic) bond motifs is 3. The summed E-state index contributed by atoms with van der Waals surface area (Å²) in [4.78, 5) is 0. The second-order valence-electron chi connectivity index (χ2n) is 7.47. The van der Waals surface area contributed by atoms with Crippen LogP contribution in [0, 0.1) is 23.5 Å². The van der Waals surface area contributed by atoms with Crippen molar-refractivity contribution in [3.05, 3.63) is 35.9 Å². The van der Waals surface area contributed by atoms with E-state index in [0.717, 1.165) is 24.2 Å². The average Bonchev–Trinajstić information content (AvgIpc) is 3.03. The summed E-state index contributed by atoms with van der Waals surface area (Å²) in [6, 6.07) is 6.88. The van der Waals surface area contributed by atoms with Crippen LogP contribution in [0.15, 0.2) is 24.3 Å². The number of hydrogen-bond acceptors (Lipinski definition) is 3. The Morgan fingerprint density at radius 3 is 1.96 bits per heavy atom. The molecule has 0 aliphatic carbocycles. The summed E-state index contributed by atoms with van der Waals surface area (Å²) in [6.07, 6.45) is 1.83. The fourth-order valence-corrected chi connectivity index (χ4v) is 3.94. The van der Waals surface area contributed by atoms with Crippen LogP contribution < -0.4 is 9.47 Å². The highest BCUT2D eigenvalue weighted by atomic mass is 32.1. The minimum atomic E-state index is -0.418. The lowest BCUT2D eigenvalue weighted by molar-refractivity contribution is 0.247. The number of hydrogen-bond donors (Lipinski definition) is 0. The molecule has 1 heterocycles. The van der Waals surface area contributed by atoms with Gasteiger partial charge in [0.2, 0.25) is 0 Å².